The van der Waals surface area contributed by atoms with Gasteiger partial charge in [-0.3, -0.25) is 5.10 Å². The van der Waals surface area contributed by atoms with Crippen LogP contribution in [0.1, 0.15) is 24.3 Å². The fourth-order valence-corrected chi connectivity index (χ4v) is 3.98. The summed E-state index contributed by atoms with van der Waals surface area (Å²) in [4.78, 5) is 9.11. The van der Waals surface area contributed by atoms with E-state index in [2.05, 4.69) is 42.8 Å². The number of H-pyrrole nitrogens is 2. The standard InChI is InChI=1S/C22H21N9/c1-30-12-23-20(28-30)14-5-7-15(8-6-14)21-26-22(31(2)29-21)25-18-10-9-17-16(11-24-27-17)19(18)13-3-4-13/h5-13H,3-4H2,1-2H3,(H2,24,25,26,27,28,29)/p+1. The number of anilines is 2. The van der Waals surface area contributed by atoms with E-state index in [0.29, 0.717) is 17.7 Å². The van der Waals surface area contributed by atoms with Gasteiger partial charge in [0.25, 0.3) is 5.82 Å². The summed E-state index contributed by atoms with van der Waals surface area (Å²) < 4.78 is 3.60. The molecule has 1 aliphatic carbocycles. The van der Waals surface area contributed by atoms with Crippen molar-refractivity contribution in [3.63, 3.8) is 0 Å². The number of benzene rings is 2. The first-order valence-corrected chi connectivity index (χ1v) is 10.3. The van der Waals surface area contributed by atoms with Crippen molar-refractivity contribution in [2.24, 2.45) is 14.1 Å². The van der Waals surface area contributed by atoms with Gasteiger partial charge in [-0.05, 0) is 53.6 Å². The summed E-state index contributed by atoms with van der Waals surface area (Å²) in [5.74, 6) is 2.79. The van der Waals surface area contributed by atoms with Gasteiger partial charge in [-0.2, -0.15) is 19.9 Å². The lowest BCUT2D eigenvalue weighted by Crippen LogP contribution is -2.28. The second-order valence-corrected chi connectivity index (χ2v) is 8.03. The van der Waals surface area contributed by atoms with Gasteiger partial charge in [0.15, 0.2) is 5.82 Å². The molecule has 5 aromatic rings. The summed E-state index contributed by atoms with van der Waals surface area (Å²) in [6.07, 6.45) is 6.08. The van der Waals surface area contributed by atoms with Gasteiger partial charge >= 0.3 is 6.33 Å². The fraction of sp³-hybridized carbons (Fsp3) is 0.227. The highest BCUT2D eigenvalue weighted by Gasteiger charge is 2.29. The molecule has 31 heavy (non-hydrogen) atoms. The highest BCUT2D eigenvalue weighted by Crippen LogP contribution is 2.47. The summed E-state index contributed by atoms with van der Waals surface area (Å²) in [6.45, 7) is 0. The Morgan fingerprint density at radius 1 is 1.10 bits per heavy atom. The number of aromatic amines is 2. The molecule has 0 bridgehead atoms. The van der Waals surface area contributed by atoms with Crippen molar-refractivity contribution in [2.75, 3.05) is 5.32 Å². The van der Waals surface area contributed by atoms with Crippen LogP contribution in [0.2, 0.25) is 0 Å². The van der Waals surface area contributed by atoms with Gasteiger partial charge in [-0.15, -0.1) is 5.10 Å². The summed E-state index contributed by atoms with van der Waals surface area (Å²) in [7, 11) is 3.82. The first-order valence-electron chi connectivity index (χ1n) is 10.3. The van der Waals surface area contributed by atoms with E-state index in [0.717, 1.165) is 28.2 Å². The van der Waals surface area contributed by atoms with Gasteiger partial charge in [-0.25, -0.2) is 4.68 Å². The van der Waals surface area contributed by atoms with Crippen LogP contribution in [-0.2, 0) is 14.1 Å². The van der Waals surface area contributed by atoms with Crippen LogP contribution >= 0.6 is 0 Å². The summed E-state index contributed by atoms with van der Waals surface area (Å²) >= 11 is 0. The van der Waals surface area contributed by atoms with Crippen molar-refractivity contribution in [3.8, 4) is 22.8 Å². The van der Waals surface area contributed by atoms with Crippen LogP contribution in [0.5, 0.6) is 0 Å². The number of nitrogens with one attached hydrogen (secondary N) is 3. The second kappa shape index (κ2) is 6.76. The number of aromatic nitrogens is 8. The molecule has 6 rings (SSSR count). The number of hydrogen-bond acceptors (Lipinski definition) is 5. The van der Waals surface area contributed by atoms with Gasteiger partial charge < -0.3 is 5.32 Å². The Morgan fingerprint density at radius 2 is 1.90 bits per heavy atom. The molecule has 9 nitrogen and oxygen atoms in total. The van der Waals surface area contributed by atoms with Crippen LogP contribution in [-0.4, -0.2) is 35.0 Å². The predicted octanol–water partition coefficient (Wildman–Crippen LogP) is 3.19. The molecule has 3 N–H and O–H groups in total. The van der Waals surface area contributed by atoms with E-state index in [4.69, 9.17) is 4.98 Å². The molecular formula is C22H22N9+. The Bertz CT molecular complexity index is 1390. The van der Waals surface area contributed by atoms with E-state index in [1.807, 2.05) is 49.2 Å². The number of hydrogen-bond donors (Lipinski definition) is 3. The van der Waals surface area contributed by atoms with E-state index in [1.165, 1.54) is 23.8 Å². The Labute approximate surface area is 178 Å². The number of aryl methyl sites for hydroxylation is 2. The third kappa shape index (κ3) is 3.14. The lowest BCUT2D eigenvalue weighted by atomic mass is 10.0. The summed E-state index contributed by atoms with van der Waals surface area (Å²) in [5, 5.41) is 19.8. The van der Waals surface area contributed by atoms with Gasteiger partial charge in [0.1, 0.15) is 7.05 Å². The van der Waals surface area contributed by atoms with Crippen LogP contribution in [0.15, 0.2) is 48.9 Å². The van der Waals surface area contributed by atoms with Crippen LogP contribution in [0.25, 0.3) is 33.7 Å². The molecule has 0 unspecified atom stereocenters. The van der Waals surface area contributed by atoms with E-state index < -0.39 is 0 Å². The molecule has 154 valence electrons. The van der Waals surface area contributed by atoms with Gasteiger partial charge in [0.2, 0.25) is 5.95 Å². The predicted molar refractivity (Wildman–Crippen MR) is 117 cm³/mol. The third-order valence-electron chi connectivity index (χ3n) is 5.72. The normalized spacial score (nSPS) is 13.7. The largest absolute Gasteiger partial charge is 0.324 e. The smallest absolute Gasteiger partial charge is 0.307 e. The molecule has 0 spiro atoms. The van der Waals surface area contributed by atoms with Crippen molar-refractivity contribution in [3.05, 3.63) is 54.5 Å². The van der Waals surface area contributed by atoms with Crippen molar-refractivity contribution >= 4 is 22.5 Å². The molecule has 9 heteroatoms. The SMILES string of the molecule is Cn1nc(-c2ccc(-c3nc[n+](C)[nH]3)cc2)nc1Nc1ccc2[nH]ncc2c1C1CC1. The lowest BCUT2D eigenvalue weighted by molar-refractivity contribution is -0.727. The Kier molecular flexibility index (Phi) is 3.89. The van der Waals surface area contributed by atoms with E-state index >= 15 is 0 Å². The Hall–Kier alpha value is -4.01. The summed E-state index contributed by atoms with van der Waals surface area (Å²) in [5.41, 5.74) is 5.42. The van der Waals surface area contributed by atoms with Crippen LogP contribution in [0.3, 0.4) is 0 Å². The quantitative estimate of drug-likeness (QED) is 0.385. The Balaban J connectivity index is 1.31. The summed E-state index contributed by atoms with van der Waals surface area (Å²) in [6, 6.07) is 12.2. The van der Waals surface area contributed by atoms with Crippen LogP contribution < -0.4 is 10.00 Å². The first-order chi connectivity index (χ1) is 15.2. The monoisotopic (exact) mass is 412 g/mol. The number of nitrogens with zero attached hydrogens (tertiary/aromatic N) is 6. The molecule has 0 aliphatic heterocycles. The molecule has 0 atom stereocenters. The molecule has 1 fully saturated rings. The van der Waals surface area contributed by atoms with Crippen molar-refractivity contribution in [2.45, 2.75) is 18.8 Å². The molecule has 3 aromatic heterocycles. The average molecular weight is 412 g/mol. The minimum absolute atomic E-state index is 0.576. The third-order valence-corrected chi connectivity index (χ3v) is 5.72. The molecule has 1 saturated carbocycles. The minimum Gasteiger partial charge on any atom is -0.324 e. The molecular weight excluding hydrogens is 390 g/mol. The molecule has 0 saturated heterocycles. The topological polar surface area (TPSA) is 104 Å². The van der Waals surface area contributed by atoms with Crippen LogP contribution in [0, 0.1) is 0 Å². The van der Waals surface area contributed by atoms with Crippen molar-refractivity contribution < 1.29 is 4.68 Å². The molecule has 0 radical (unpaired) electrons. The zero-order valence-electron chi connectivity index (χ0n) is 17.3. The van der Waals surface area contributed by atoms with Gasteiger partial charge in [-0.1, -0.05) is 12.1 Å². The number of fused-ring (bicyclic) bond motifs is 1. The zero-order valence-corrected chi connectivity index (χ0v) is 17.3. The van der Waals surface area contributed by atoms with Crippen molar-refractivity contribution in [1.82, 2.24) is 35.0 Å². The molecule has 1 aliphatic rings. The van der Waals surface area contributed by atoms with Crippen molar-refractivity contribution in [1.29, 1.82) is 0 Å². The fourth-order valence-electron chi connectivity index (χ4n) is 3.98. The van der Waals surface area contributed by atoms with Gasteiger partial charge in [0, 0.05) is 29.2 Å². The first kappa shape index (κ1) is 17.8. The maximum Gasteiger partial charge on any atom is 0.307 e. The average Bonchev–Trinajstić information content (AvgIpc) is 3.15. The number of rotatable bonds is 5. The van der Waals surface area contributed by atoms with E-state index in [9.17, 15) is 0 Å². The van der Waals surface area contributed by atoms with Crippen LogP contribution in [0.4, 0.5) is 11.6 Å². The van der Waals surface area contributed by atoms with Gasteiger partial charge in [0.05, 0.1) is 11.7 Å². The molecule has 3 heterocycles. The van der Waals surface area contributed by atoms with E-state index in [-0.39, 0.29) is 0 Å². The molecule has 0 amide bonds. The lowest BCUT2D eigenvalue weighted by Gasteiger charge is -2.11. The maximum absolute atomic E-state index is 4.76. The highest BCUT2D eigenvalue weighted by atomic mass is 15.4. The maximum atomic E-state index is 4.76. The minimum atomic E-state index is 0.576. The highest BCUT2D eigenvalue weighted by molar-refractivity contribution is 5.89. The Morgan fingerprint density at radius 3 is 2.65 bits per heavy atom. The zero-order chi connectivity index (χ0) is 20.9. The second-order valence-electron chi connectivity index (χ2n) is 8.03. The molecule has 2 aromatic carbocycles. The van der Waals surface area contributed by atoms with E-state index in [1.54, 1.807) is 11.0 Å².